The van der Waals surface area contributed by atoms with Crippen LogP contribution < -0.4 is 10.1 Å². The van der Waals surface area contributed by atoms with Gasteiger partial charge >= 0.3 is 0 Å². The lowest BCUT2D eigenvalue weighted by Crippen LogP contribution is -2.42. The van der Waals surface area contributed by atoms with E-state index in [1.807, 2.05) is 6.07 Å². The highest BCUT2D eigenvalue weighted by molar-refractivity contribution is 9.10. The third-order valence-electron chi connectivity index (χ3n) is 3.86. The molecule has 0 bridgehead atoms. The Balaban J connectivity index is 2.00. The SMILES string of the molecule is COc1ccc(C(C)NC2CC(C)OC(C)C2)cc1Br. The lowest BCUT2D eigenvalue weighted by molar-refractivity contribution is -0.0433. The van der Waals surface area contributed by atoms with Gasteiger partial charge in [0.05, 0.1) is 23.8 Å². The monoisotopic (exact) mass is 341 g/mol. The van der Waals surface area contributed by atoms with E-state index in [0.29, 0.717) is 24.3 Å². The van der Waals surface area contributed by atoms with Crippen LogP contribution in [-0.4, -0.2) is 25.4 Å². The van der Waals surface area contributed by atoms with Gasteiger partial charge in [-0.1, -0.05) is 6.07 Å². The molecule has 4 heteroatoms. The predicted molar refractivity (Wildman–Crippen MR) is 85.3 cm³/mol. The first-order valence-electron chi connectivity index (χ1n) is 7.24. The maximum Gasteiger partial charge on any atom is 0.133 e. The molecule has 2 rings (SSSR count). The molecule has 1 aromatic carbocycles. The van der Waals surface area contributed by atoms with Crippen LogP contribution in [0.5, 0.6) is 5.75 Å². The van der Waals surface area contributed by atoms with E-state index in [2.05, 4.69) is 54.2 Å². The van der Waals surface area contributed by atoms with Gasteiger partial charge in [-0.3, -0.25) is 0 Å². The fraction of sp³-hybridized carbons (Fsp3) is 0.625. The predicted octanol–water partition coefficient (Wildman–Crippen LogP) is 4.06. The van der Waals surface area contributed by atoms with Crippen LogP contribution in [-0.2, 0) is 4.74 Å². The molecular formula is C16H24BrNO2. The molecule has 3 nitrogen and oxygen atoms in total. The van der Waals surface area contributed by atoms with Gasteiger partial charge in [-0.25, -0.2) is 0 Å². The third-order valence-corrected chi connectivity index (χ3v) is 4.48. The second-order valence-corrected chi connectivity index (χ2v) is 6.56. The van der Waals surface area contributed by atoms with Crippen molar-refractivity contribution in [2.45, 2.75) is 57.9 Å². The van der Waals surface area contributed by atoms with Gasteiger partial charge in [-0.2, -0.15) is 0 Å². The quantitative estimate of drug-likeness (QED) is 0.895. The smallest absolute Gasteiger partial charge is 0.133 e. The standard InChI is InChI=1S/C16H24BrNO2/c1-10-7-14(8-11(2)20-10)18-12(3)13-5-6-16(19-4)15(17)9-13/h5-6,9-12,14,18H,7-8H2,1-4H3. The first-order valence-corrected chi connectivity index (χ1v) is 8.03. The Morgan fingerprint density at radius 3 is 2.50 bits per heavy atom. The van der Waals surface area contributed by atoms with Crippen LogP contribution in [0.1, 0.15) is 45.2 Å². The van der Waals surface area contributed by atoms with E-state index in [1.54, 1.807) is 7.11 Å². The summed E-state index contributed by atoms with van der Waals surface area (Å²) in [6.45, 7) is 6.51. The van der Waals surface area contributed by atoms with Gasteiger partial charge in [0.25, 0.3) is 0 Å². The summed E-state index contributed by atoms with van der Waals surface area (Å²) < 4.78 is 12.1. The number of methoxy groups -OCH3 is 1. The second-order valence-electron chi connectivity index (χ2n) is 5.71. The molecule has 3 atom stereocenters. The molecule has 3 unspecified atom stereocenters. The van der Waals surface area contributed by atoms with Crippen molar-refractivity contribution >= 4 is 15.9 Å². The van der Waals surface area contributed by atoms with Crippen LogP contribution in [0.15, 0.2) is 22.7 Å². The summed E-state index contributed by atoms with van der Waals surface area (Å²) in [7, 11) is 1.69. The zero-order valence-corrected chi connectivity index (χ0v) is 14.2. The van der Waals surface area contributed by atoms with Gasteiger partial charge in [0, 0.05) is 12.1 Å². The summed E-state index contributed by atoms with van der Waals surface area (Å²) in [6, 6.07) is 7.09. The summed E-state index contributed by atoms with van der Waals surface area (Å²) in [4.78, 5) is 0. The highest BCUT2D eigenvalue weighted by Crippen LogP contribution is 2.29. The van der Waals surface area contributed by atoms with E-state index < -0.39 is 0 Å². The molecule has 1 aliphatic heterocycles. The van der Waals surface area contributed by atoms with Gasteiger partial charge < -0.3 is 14.8 Å². The molecular weight excluding hydrogens is 318 g/mol. The number of hydrogen-bond donors (Lipinski definition) is 1. The Bertz CT molecular complexity index is 442. The lowest BCUT2D eigenvalue weighted by atomic mass is 9.98. The Kier molecular flexibility index (Phi) is 5.47. The molecule has 0 aliphatic carbocycles. The van der Waals surface area contributed by atoms with E-state index in [9.17, 15) is 0 Å². The van der Waals surface area contributed by atoms with Crippen LogP contribution in [0.2, 0.25) is 0 Å². The molecule has 0 amide bonds. The maximum absolute atomic E-state index is 5.79. The minimum Gasteiger partial charge on any atom is -0.496 e. The number of hydrogen-bond acceptors (Lipinski definition) is 3. The fourth-order valence-corrected chi connectivity index (χ4v) is 3.50. The number of ether oxygens (including phenoxy) is 2. The number of nitrogens with one attached hydrogen (secondary N) is 1. The molecule has 0 spiro atoms. The van der Waals surface area contributed by atoms with E-state index in [4.69, 9.17) is 9.47 Å². The molecule has 0 radical (unpaired) electrons. The fourth-order valence-electron chi connectivity index (χ4n) is 2.94. The Labute approximate surface area is 130 Å². The minimum absolute atomic E-state index is 0.319. The maximum atomic E-state index is 5.79. The van der Waals surface area contributed by atoms with Gasteiger partial charge in [0.15, 0.2) is 0 Å². The molecule has 1 aliphatic rings. The van der Waals surface area contributed by atoms with Crippen LogP contribution >= 0.6 is 15.9 Å². The molecule has 1 fully saturated rings. The summed E-state index contributed by atoms with van der Waals surface area (Å²) in [5, 5.41) is 3.72. The molecule has 20 heavy (non-hydrogen) atoms. The van der Waals surface area contributed by atoms with Crippen molar-refractivity contribution in [3.8, 4) is 5.75 Å². The summed E-state index contributed by atoms with van der Waals surface area (Å²) >= 11 is 3.55. The Hall–Kier alpha value is -0.580. The highest BCUT2D eigenvalue weighted by Gasteiger charge is 2.25. The Morgan fingerprint density at radius 1 is 1.30 bits per heavy atom. The van der Waals surface area contributed by atoms with Crippen molar-refractivity contribution in [1.29, 1.82) is 0 Å². The zero-order chi connectivity index (χ0) is 14.7. The van der Waals surface area contributed by atoms with Crippen LogP contribution in [0.4, 0.5) is 0 Å². The Morgan fingerprint density at radius 2 is 1.95 bits per heavy atom. The van der Waals surface area contributed by atoms with Crippen LogP contribution in [0, 0.1) is 0 Å². The summed E-state index contributed by atoms with van der Waals surface area (Å²) in [5.41, 5.74) is 1.27. The normalized spacial score (nSPS) is 28.1. The minimum atomic E-state index is 0.319. The topological polar surface area (TPSA) is 30.5 Å². The van der Waals surface area contributed by atoms with E-state index in [-0.39, 0.29) is 0 Å². The van der Waals surface area contributed by atoms with E-state index in [0.717, 1.165) is 23.1 Å². The highest BCUT2D eigenvalue weighted by atomic mass is 79.9. The molecule has 112 valence electrons. The van der Waals surface area contributed by atoms with Crippen molar-refractivity contribution in [3.63, 3.8) is 0 Å². The van der Waals surface area contributed by atoms with Crippen LogP contribution in [0.25, 0.3) is 0 Å². The van der Waals surface area contributed by atoms with Crippen molar-refractivity contribution in [2.75, 3.05) is 7.11 Å². The van der Waals surface area contributed by atoms with Gasteiger partial charge in [0.2, 0.25) is 0 Å². The summed E-state index contributed by atoms with van der Waals surface area (Å²) in [5.74, 6) is 0.870. The summed E-state index contributed by atoms with van der Waals surface area (Å²) in [6.07, 6.45) is 2.83. The van der Waals surface area contributed by atoms with Crippen molar-refractivity contribution in [3.05, 3.63) is 28.2 Å². The van der Waals surface area contributed by atoms with E-state index >= 15 is 0 Å². The number of benzene rings is 1. The van der Waals surface area contributed by atoms with Crippen molar-refractivity contribution in [1.82, 2.24) is 5.32 Å². The third kappa shape index (κ3) is 3.96. The van der Waals surface area contributed by atoms with Gasteiger partial charge in [0.1, 0.15) is 5.75 Å². The molecule has 0 aromatic heterocycles. The average molecular weight is 342 g/mol. The van der Waals surface area contributed by atoms with E-state index in [1.165, 1.54) is 5.56 Å². The van der Waals surface area contributed by atoms with Crippen LogP contribution in [0.3, 0.4) is 0 Å². The van der Waals surface area contributed by atoms with Crippen molar-refractivity contribution < 1.29 is 9.47 Å². The zero-order valence-electron chi connectivity index (χ0n) is 12.7. The number of halogens is 1. The number of rotatable bonds is 4. The van der Waals surface area contributed by atoms with Gasteiger partial charge in [-0.15, -0.1) is 0 Å². The molecule has 1 heterocycles. The van der Waals surface area contributed by atoms with Crippen molar-refractivity contribution in [2.24, 2.45) is 0 Å². The first kappa shape index (κ1) is 15.8. The lowest BCUT2D eigenvalue weighted by Gasteiger charge is -2.34. The molecule has 1 N–H and O–H groups in total. The second kappa shape index (κ2) is 6.92. The average Bonchev–Trinajstić information content (AvgIpc) is 2.37. The molecule has 1 saturated heterocycles. The first-order chi connectivity index (χ1) is 9.49. The van der Waals surface area contributed by atoms with Gasteiger partial charge in [-0.05, 0) is 67.2 Å². The molecule has 0 saturated carbocycles. The molecule has 1 aromatic rings. The largest absolute Gasteiger partial charge is 0.496 e.